The van der Waals surface area contributed by atoms with E-state index in [0.29, 0.717) is 64.0 Å². The average Bonchev–Trinajstić information content (AvgIpc) is 4.14. The first-order valence-electron chi connectivity index (χ1n) is 27.2. The normalized spacial score (nSPS) is 23.1. The Morgan fingerprint density at radius 1 is 1.03 bits per heavy atom. The Balaban J connectivity index is 1.05. The molecular formula is C58H68F5N9O6S. The molecule has 7 heterocycles. The third-order valence-electron chi connectivity index (χ3n) is 16.5. The van der Waals surface area contributed by atoms with Crippen molar-refractivity contribution in [3.05, 3.63) is 87.8 Å². The number of hydrogen-bond donors (Lipinski definition) is 2. The molecule has 0 radical (unpaired) electrons. The number of pyridine rings is 2. The summed E-state index contributed by atoms with van der Waals surface area (Å²) in [4.78, 5) is 59.4. The number of benzene rings is 1. The molecule has 21 heteroatoms. The molecule has 4 aromatic heterocycles. The number of thiazole rings is 1. The van der Waals surface area contributed by atoms with E-state index in [9.17, 15) is 23.2 Å². The number of halogens is 5. The van der Waals surface area contributed by atoms with Crippen molar-refractivity contribution < 1.29 is 50.5 Å². The molecule has 0 unspecified atom stereocenters. The number of carbonyl (C=O) groups excluding carboxylic acids is 3. The molecule has 3 aliphatic carbocycles. The fraction of sp³-hybridized carbons (Fsp3) is 0.552. The van der Waals surface area contributed by atoms with Gasteiger partial charge in [0.05, 0.1) is 35.8 Å². The van der Waals surface area contributed by atoms with Crippen molar-refractivity contribution in [1.29, 1.82) is 0 Å². The predicted molar refractivity (Wildman–Crippen MR) is 287 cm³/mol. The molecule has 2 amide bonds. The summed E-state index contributed by atoms with van der Waals surface area (Å²) in [6.07, 6.45) is -0.689. The molecule has 3 aliphatic heterocycles. The zero-order valence-electron chi connectivity index (χ0n) is 45.3. The van der Waals surface area contributed by atoms with Crippen LogP contribution in [0.1, 0.15) is 106 Å². The minimum Gasteiger partial charge on any atom is -0.467 e. The molecule has 79 heavy (non-hydrogen) atoms. The van der Waals surface area contributed by atoms with Gasteiger partial charge >= 0.3 is 6.18 Å². The van der Waals surface area contributed by atoms with Crippen LogP contribution in [-0.4, -0.2) is 142 Å². The standard InChI is InChI=1S/C58H68F5N9O6S/c1-33(69-17-19-70(20-18-69)40-10-11-40)7-8-36-23-43(50(65-26-36)35(3)76-6)52-44(25-57(4,5)31-77-32-73)42-24-39(9-12-46(42)71(52)30-58(61,62)63)45-29-79-55(67-45)53(78-28-47(59)60)51(56(75)72-41-21-37(22-41)27-66-72)68-54(74)49-34(2)48(49)38-13-15-64-16-14-38/h9,12-16,23-24,26,29,32-35,37,40-41,47-49,51,53,66H,10-11,17-22,25,27-28,30-31H2,1-6H3,(H,68,74)/t33-,34+,35+,37?,41?,48+,49-,51+,53+/m1/s1. The number of amides is 2. The van der Waals surface area contributed by atoms with E-state index in [-0.39, 0.29) is 53.2 Å². The Labute approximate surface area is 460 Å². The van der Waals surface area contributed by atoms with E-state index in [0.717, 1.165) is 55.9 Å². The van der Waals surface area contributed by atoms with Crippen LogP contribution in [0.5, 0.6) is 0 Å². The molecule has 3 saturated heterocycles. The van der Waals surface area contributed by atoms with E-state index in [2.05, 4.69) is 44.3 Å². The number of hydrogen-bond acceptors (Lipinski definition) is 13. The highest BCUT2D eigenvalue weighted by Gasteiger charge is 2.54. The first-order chi connectivity index (χ1) is 37.8. The Bertz CT molecular complexity index is 3070. The zero-order valence-corrected chi connectivity index (χ0v) is 46.1. The van der Waals surface area contributed by atoms with Crippen molar-refractivity contribution in [2.75, 3.05) is 53.0 Å². The Morgan fingerprint density at radius 2 is 1.77 bits per heavy atom. The number of carbonyl (C=O) groups is 3. The summed E-state index contributed by atoms with van der Waals surface area (Å²) in [6, 6.07) is 9.41. The first-order valence-corrected chi connectivity index (χ1v) is 28.1. The van der Waals surface area contributed by atoms with Crippen molar-refractivity contribution in [3.63, 3.8) is 0 Å². The van der Waals surface area contributed by atoms with Crippen LogP contribution in [0.15, 0.2) is 60.4 Å². The Morgan fingerprint density at radius 3 is 2.43 bits per heavy atom. The molecule has 11 rings (SSSR count). The lowest BCUT2D eigenvalue weighted by Gasteiger charge is -2.50. The molecular weight excluding hydrogens is 1050 g/mol. The van der Waals surface area contributed by atoms with Crippen LogP contribution in [0.4, 0.5) is 22.0 Å². The largest absolute Gasteiger partial charge is 0.467 e. The third kappa shape index (κ3) is 12.5. The quantitative estimate of drug-likeness (QED) is 0.0410. The van der Waals surface area contributed by atoms with Gasteiger partial charge in [-0.2, -0.15) is 13.2 Å². The molecule has 2 bridgehead atoms. The number of methoxy groups -OCH3 is 1. The van der Waals surface area contributed by atoms with E-state index in [4.69, 9.17) is 24.2 Å². The predicted octanol–water partition coefficient (Wildman–Crippen LogP) is 8.74. The number of piperazine rings is 1. The summed E-state index contributed by atoms with van der Waals surface area (Å²) >= 11 is 1.05. The summed E-state index contributed by atoms with van der Waals surface area (Å²) < 4.78 is 92.0. The molecule has 6 fully saturated rings. The van der Waals surface area contributed by atoms with Gasteiger partial charge in [-0.1, -0.05) is 38.7 Å². The maximum absolute atomic E-state index is 15.1. The van der Waals surface area contributed by atoms with Crippen LogP contribution in [0.3, 0.4) is 0 Å². The van der Waals surface area contributed by atoms with Crippen molar-refractivity contribution in [1.82, 2.24) is 45.1 Å². The number of nitrogens with zero attached hydrogens (tertiary/aromatic N) is 7. The molecule has 2 N–H and O–H groups in total. The topological polar surface area (TPSA) is 156 Å². The maximum atomic E-state index is 15.1. The Hall–Kier alpha value is -5.89. The fourth-order valence-electron chi connectivity index (χ4n) is 11.9. The molecule has 5 aromatic rings. The van der Waals surface area contributed by atoms with E-state index in [1.807, 2.05) is 32.9 Å². The van der Waals surface area contributed by atoms with E-state index < -0.39 is 67.2 Å². The average molecular weight is 1110 g/mol. The third-order valence-corrected chi connectivity index (χ3v) is 17.4. The lowest BCUT2D eigenvalue weighted by atomic mass is 9.78. The minimum absolute atomic E-state index is 0.0519. The van der Waals surface area contributed by atoms with E-state index in [1.165, 1.54) is 29.5 Å². The smallest absolute Gasteiger partial charge is 0.406 e. The zero-order chi connectivity index (χ0) is 55.9. The van der Waals surface area contributed by atoms with Gasteiger partial charge in [-0.15, -0.1) is 11.3 Å². The maximum Gasteiger partial charge on any atom is 0.406 e. The van der Waals surface area contributed by atoms with Gasteiger partial charge in [0.15, 0.2) is 0 Å². The van der Waals surface area contributed by atoms with Gasteiger partial charge in [-0.05, 0) is 105 Å². The summed E-state index contributed by atoms with van der Waals surface area (Å²) in [7, 11) is 1.50. The lowest BCUT2D eigenvalue weighted by molar-refractivity contribution is -0.157. The second-order valence-electron chi connectivity index (χ2n) is 22.7. The fourth-order valence-corrected chi connectivity index (χ4v) is 12.8. The van der Waals surface area contributed by atoms with Gasteiger partial charge in [-0.3, -0.25) is 39.2 Å². The van der Waals surface area contributed by atoms with Gasteiger partial charge in [0.1, 0.15) is 30.3 Å². The number of alkyl halides is 5. The van der Waals surface area contributed by atoms with Crippen LogP contribution in [0.2, 0.25) is 0 Å². The molecule has 15 nitrogen and oxygen atoms in total. The van der Waals surface area contributed by atoms with Crippen LogP contribution < -0.4 is 10.7 Å². The molecule has 7 atom stereocenters. The molecule has 6 aliphatic rings. The van der Waals surface area contributed by atoms with Gasteiger partial charge in [0.2, 0.25) is 5.91 Å². The van der Waals surface area contributed by atoms with E-state index >= 15 is 13.2 Å². The van der Waals surface area contributed by atoms with Crippen molar-refractivity contribution in [2.24, 2.45) is 23.2 Å². The number of ether oxygens (including phenoxy) is 3. The summed E-state index contributed by atoms with van der Waals surface area (Å²) in [5.41, 5.74) is 6.34. The highest BCUT2D eigenvalue weighted by atomic mass is 32.1. The van der Waals surface area contributed by atoms with Crippen molar-refractivity contribution in [2.45, 2.75) is 128 Å². The minimum atomic E-state index is -4.69. The molecule has 1 aromatic carbocycles. The van der Waals surface area contributed by atoms with Crippen molar-refractivity contribution >= 4 is 40.5 Å². The van der Waals surface area contributed by atoms with Crippen LogP contribution >= 0.6 is 11.3 Å². The molecule has 0 spiro atoms. The van der Waals surface area contributed by atoms with Gasteiger partial charge < -0.3 is 24.1 Å². The monoisotopic (exact) mass is 1110 g/mol. The highest BCUT2D eigenvalue weighted by Crippen LogP contribution is 2.54. The number of hydrazine groups is 1. The summed E-state index contributed by atoms with van der Waals surface area (Å²) in [5, 5.41) is 6.68. The van der Waals surface area contributed by atoms with Crippen LogP contribution in [0.25, 0.3) is 33.4 Å². The SMILES string of the molecule is CO[C@@H](C)c1ncc(C#C[C@@H](C)N2CCN(C3CC3)CC2)cc1-c1c(CC(C)(C)COC=O)c2cc(-c3csc([C@@H](OCC(F)F)[C@H](NC(=O)[C@@H]4[C@@H](C)[C@H]4c4ccncc4)C(=O)N4NCC5CC4C5)n3)ccc2n1CC(F)(F)F. The van der Waals surface area contributed by atoms with Crippen molar-refractivity contribution in [3.8, 4) is 34.4 Å². The molecule has 3 saturated carbocycles. The van der Waals surface area contributed by atoms with Gasteiger partial charge in [-0.25, -0.2) is 19.2 Å². The number of nitrogens with one attached hydrogen (secondary N) is 2. The number of fused-ring (bicyclic) bond motifs is 3. The van der Waals surface area contributed by atoms with Gasteiger partial charge in [0.25, 0.3) is 18.8 Å². The second-order valence-corrected chi connectivity index (χ2v) is 23.6. The second kappa shape index (κ2) is 23.3. The van der Waals surface area contributed by atoms with Crippen LogP contribution in [-0.2, 0) is 41.6 Å². The van der Waals surface area contributed by atoms with Gasteiger partial charge in [0, 0.05) is 115 Å². The number of rotatable bonds is 21. The van der Waals surface area contributed by atoms with Crippen LogP contribution in [0, 0.1) is 35.0 Å². The Kier molecular flexibility index (Phi) is 16.6. The molecule has 422 valence electrons. The summed E-state index contributed by atoms with van der Waals surface area (Å²) in [6.45, 7) is 11.6. The lowest BCUT2D eigenvalue weighted by Crippen LogP contribution is -2.66. The van der Waals surface area contributed by atoms with E-state index in [1.54, 1.807) is 55.2 Å². The first kappa shape index (κ1) is 56.4. The number of aromatic nitrogens is 4. The summed E-state index contributed by atoms with van der Waals surface area (Å²) in [5.74, 6) is 5.35. The highest BCUT2D eigenvalue weighted by molar-refractivity contribution is 7.10.